The van der Waals surface area contributed by atoms with Gasteiger partial charge >= 0.3 is 0 Å². The zero-order chi connectivity index (χ0) is 22.9. The maximum Gasteiger partial charge on any atom is 0.224 e. The summed E-state index contributed by atoms with van der Waals surface area (Å²) in [7, 11) is 0. The molecule has 0 aliphatic carbocycles. The molecular weight excluding hydrogens is 416 g/mol. The minimum absolute atomic E-state index is 0.0628. The first-order valence-corrected chi connectivity index (χ1v) is 11.1. The van der Waals surface area contributed by atoms with Gasteiger partial charge in [0, 0.05) is 35.1 Å². The second kappa shape index (κ2) is 8.58. The Morgan fingerprint density at radius 1 is 1.00 bits per heavy atom. The summed E-state index contributed by atoms with van der Waals surface area (Å²) in [6.07, 6.45) is 0.922. The third-order valence-corrected chi connectivity index (χ3v) is 5.99. The maximum absolute atomic E-state index is 12.7. The van der Waals surface area contributed by atoms with Crippen LogP contribution in [0.3, 0.4) is 0 Å². The highest BCUT2D eigenvalue weighted by Gasteiger charge is 2.19. The van der Waals surface area contributed by atoms with Crippen molar-refractivity contribution < 1.29 is 14.3 Å². The number of anilines is 1. The highest BCUT2D eigenvalue weighted by atomic mass is 16.6. The summed E-state index contributed by atoms with van der Waals surface area (Å²) >= 11 is 0. The Kier molecular flexibility index (Phi) is 5.46. The lowest BCUT2D eigenvalue weighted by Gasteiger charge is -2.19. The van der Waals surface area contributed by atoms with Crippen LogP contribution in [0.15, 0.2) is 48.5 Å². The number of fused-ring (bicyclic) bond motifs is 2. The van der Waals surface area contributed by atoms with E-state index >= 15 is 0 Å². The molecule has 0 fully saturated rings. The molecule has 0 atom stereocenters. The Labute approximate surface area is 192 Å². The molecular formula is C26H26N4O3. The van der Waals surface area contributed by atoms with E-state index in [1.807, 2.05) is 55.6 Å². The van der Waals surface area contributed by atoms with Gasteiger partial charge in [-0.25, -0.2) is 9.50 Å². The van der Waals surface area contributed by atoms with Gasteiger partial charge in [-0.2, -0.15) is 5.10 Å². The monoisotopic (exact) mass is 442 g/mol. The van der Waals surface area contributed by atoms with Crippen molar-refractivity contribution in [2.45, 2.75) is 33.6 Å². The molecule has 0 unspecified atom stereocenters. The van der Waals surface area contributed by atoms with Gasteiger partial charge in [0.15, 0.2) is 17.1 Å². The number of nitrogens with one attached hydrogen (secondary N) is 1. The number of aromatic nitrogens is 3. The van der Waals surface area contributed by atoms with E-state index in [0.717, 1.165) is 39.4 Å². The van der Waals surface area contributed by atoms with Crippen LogP contribution in [0.1, 0.15) is 29.1 Å². The van der Waals surface area contributed by atoms with Crippen LogP contribution in [0.2, 0.25) is 0 Å². The summed E-state index contributed by atoms with van der Waals surface area (Å²) in [5.74, 6) is 1.30. The van der Waals surface area contributed by atoms with Crippen molar-refractivity contribution >= 4 is 17.2 Å². The van der Waals surface area contributed by atoms with Crippen LogP contribution in [-0.2, 0) is 11.2 Å². The highest BCUT2D eigenvalue weighted by molar-refractivity contribution is 5.91. The van der Waals surface area contributed by atoms with Crippen molar-refractivity contribution in [1.82, 2.24) is 14.6 Å². The highest BCUT2D eigenvalue weighted by Crippen LogP contribution is 2.33. The van der Waals surface area contributed by atoms with Gasteiger partial charge in [0.1, 0.15) is 13.2 Å². The van der Waals surface area contributed by atoms with Crippen molar-refractivity contribution in [2.75, 3.05) is 18.5 Å². The molecule has 7 nitrogen and oxygen atoms in total. The maximum atomic E-state index is 12.7. The van der Waals surface area contributed by atoms with Crippen LogP contribution < -0.4 is 14.8 Å². The molecule has 0 bridgehead atoms. The van der Waals surface area contributed by atoms with Gasteiger partial charge in [0.25, 0.3) is 0 Å². The Hall–Kier alpha value is -3.87. The predicted octanol–water partition coefficient (Wildman–Crippen LogP) is 4.66. The van der Waals surface area contributed by atoms with Gasteiger partial charge in [-0.3, -0.25) is 4.79 Å². The third kappa shape index (κ3) is 4.02. The van der Waals surface area contributed by atoms with Gasteiger partial charge in [-0.1, -0.05) is 30.3 Å². The summed E-state index contributed by atoms with van der Waals surface area (Å²) < 4.78 is 13.0. The number of nitrogens with zero attached hydrogens (tertiary/aromatic N) is 3. The molecule has 7 heteroatoms. The fourth-order valence-electron chi connectivity index (χ4n) is 4.36. The molecule has 1 amide bonds. The molecule has 2 aromatic heterocycles. The zero-order valence-electron chi connectivity index (χ0n) is 19.0. The average Bonchev–Trinajstić information content (AvgIpc) is 3.15. The number of hydrogen-bond donors (Lipinski definition) is 1. The number of carbonyl (C=O) groups is 1. The van der Waals surface area contributed by atoms with Crippen LogP contribution in [0, 0.1) is 20.8 Å². The fraction of sp³-hybridized carbons (Fsp3) is 0.269. The number of aryl methyl sites for hydroxylation is 3. The lowest BCUT2D eigenvalue weighted by atomic mass is 10.0. The molecule has 4 aromatic rings. The first-order chi connectivity index (χ1) is 16.0. The van der Waals surface area contributed by atoms with Crippen LogP contribution in [0.5, 0.6) is 11.5 Å². The molecule has 0 spiro atoms. The number of rotatable bonds is 5. The molecule has 0 radical (unpaired) electrons. The SMILES string of the molecule is Cc1nc2c(-c3ccccc3)c(C)nn2c(C)c1CCC(=O)Nc1ccc2c(c1)OCCO2. The Balaban J connectivity index is 1.35. The van der Waals surface area contributed by atoms with Crippen LogP contribution in [0.25, 0.3) is 16.8 Å². The predicted molar refractivity (Wildman–Crippen MR) is 127 cm³/mol. The number of benzene rings is 2. The standard InChI is InChI=1S/C26H26N4O3/c1-16-21(10-12-24(31)28-20-9-11-22-23(15-20)33-14-13-32-22)18(3)30-26(27-16)25(17(2)29-30)19-7-5-4-6-8-19/h4-9,11,15H,10,12-14H2,1-3H3,(H,28,31). The molecule has 5 rings (SSSR count). The van der Waals surface area contributed by atoms with E-state index in [1.165, 1.54) is 0 Å². The second-order valence-electron chi connectivity index (χ2n) is 8.23. The molecule has 1 aliphatic rings. The van der Waals surface area contributed by atoms with Crippen molar-refractivity contribution in [3.05, 3.63) is 71.2 Å². The van der Waals surface area contributed by atoms with Crippen molar-refractivity contribution in [3.8, 4) is 22.6 Å². The van der Waals surface area contributed by atoms with Crippen molar-refractivity contribution in [1.29, 1.82) is 0 Å². The molecule has 1 N–H and O–H groups in total. The lowest BCUT2D eigenvalue weighted by Crippen LogP contribution is -2.17. The average molecular weight is 443 g/mol. The van der Waals surface area contributed by atoms with Gasteiger partial charge < -0.3 is 14.8 Å². The van der Waals surface area contributed by atoms with Gasteiger partial charge in [-0.15, -0.1) is 0 Å². The first-order valence-electron chi connectivity index (χ1n) is 11.1. The Bertz CT molecular complexity index is 1350. The van der Waals surface area contributed by atoms with Crippen molar-refractivity contribution in [3.63, 3.8) is 0 Å². The van der Waals surface area contributed by atoms with E-state index in [-0.39, 0.29) is 5.91 Å². The van der Waals surface area contributed by atoms with E-state index in [2.05, 4.69) is 17.4 Å². The largest absolute Gasteiger partial charge is 0.486 e. The third-order valence-electron chi connectivity index (χ3n) is 5.99. The van der Waals surface area contributed by atoms with E-state index in [0.29, 0.717) is 43.2 Å². The van der Waals surface area contributed by atoms with Crippen LogP contribution >= 0.6 is 0 Å². The molecule has 1 aliphatic heterocycles. The van der Waals surface area contributed by atoms with Gasteiger partial charge in [0.05, 0.1) is 5.69 Å². The molecule has 0 saturated heterocycles. The van der Waals surface area contributed by atoms with E-state index in [4.69, 9.17) is 19.6 Å². The first kappa shape index (κ1) is 21.0. The quantitative estimate of drug-likeness (QED) is 0.486. The minimum Gasteiger partial charge on any atom is -0.486 e. The topological polar surface area (TPSA) is 77.8 Å². The fourth-order valence-corrected chi connectivity index (χ4v) is 4.36. The molecule has 2 aromatic carbocycles. The number of ether oxygens (including phenoxy) is 2. The second-order valence-corrected chi connectivity index (χ2v) is 8.23. The van der Waals surface area contributed by atoms with Gasteiger partial charge in [-0.05, 0) is 50.5 Å². The number of carbonyl (C=O) groups excluding carboxylic acids is 1. The molecule has 33 heavy (non-hydrogen) atoms. The van der Waals surface area contributed by atoms with E-state index in [1.54, 1.807) is 6.07 Å². The Morgan fingerprint density at radius 3 is 2.55 bits per heavy atom. The molecule has 3 heterocycles. The summed E-state index contributed by atoms with van der Waals surface area (Å²) in [5.41, 5.74) is 7.60. The summed E-state index contributed by atoms with van der Waals surface area (Å²) in [4.78, 5) is 17.5. The number of amides is 1. The van der Waals surface area contributed by atoms with E-state index in [9.17, 15) is 4.79 Å². The Morgan fingerprint density at radius 2 is 1.76 bits per heavy atom. The van der Waals surface area contributed by atoms with Crippen LogP contribution in [-0.4, -0.2) is 33.7 Å². The molecule has 0 saturated carbocycles. The van der Waals surface area contributed by atoms with E-state index < -0.39 is 0 Å². The lowest BCUT2D eigenvalue weighted by molar-refractivity contribution is -0.116. The van der Waals surface area contributed by atoms with Crippen LogP contribution in [0.4, 0.5) is 5.69 Å². The summed E-state index contributed by atoms with van der Waals surface area (Å²) in [6.45, 7) is 7.09. The zero-order valence-corrected chi connectivity index (χ0v) is 19.0. The minimum atomic E-state index is -0.0628. The smallest absolute Gasteiger partial charge is 0.224 e. The summed E-state index contributed by atoms with van der Waals surface area (Å²) in [6, 6.07) is 15.6. The number of hydrogen-bond acceptors (Lipinski definition) is 5. The van der Waals surface area contributed by atoms with Crippen molar-refractivity contribution in [2.24, 2.45) is 0 Å². The molecule has 168 valence electrons. The summed E-state index contributed by atoms with van der Waals surface area (Å²) in [5, 5.41) is 7.71. The van der Waals surface area contributed by atoms with Gasteiger partial charge in [0.2, 0.25) is 5.91 Å². The normalized spacial score (nSPS) is 12.7.